The number of H-pyrrole nitrogens is 1. The van der Waals surface area contributed by atoms with E-state index in [0.29, 0.717) is 6.04 Å². The van der Waals surface area contributed by atoms with E-state index in [9.17, 15) is 0 Å². The Morgan fingerprint density at radius 1 is 1.20 bits per heavy atom. The molecule has 5 heteroatoms. The summed E-state index contributed by atoms with van der Waals surface area (Å²) in [5, 5.41) is 0. The molecule has 0 bridgehead atoms. The topological polar surface area (TPSA) is 59.4 Å². The molecule has 20 heavy (non-hydrogen) atoms. The average Bonchev–Trinajstić information content (AvgIpc) is 3.07. The molecule has 0 saturated heterocycles. The van der Waals surface area contributed by atoms with Crippen molar-refractivity contribution in [1.29, 1.82) is 0 Å². The van der Waals surface area contributed by atoms with Gasteiger partial charge in [0.25, 0.3) is 0 Å². The number of rotatable bonds is 1. The SMILES string of the molecule is Cc1nc2c(C)nc3c(ncn3C3CCC(C)C3)c2[nH]1. The van der Waals surface area contributed by atoms with Crippen LogP contribution in [0.15, 0.2) is 6.33 Å². The summed E-state index contributed by atoms with van der Waals surface area (Å²) >= 11 is 0. The minimum absolute atomic E-state index is 0.545. The zero-order chi connectivity index (χ0) is 13.9. The van der Waals surface area contributed by atoms with E-state index in [1.54, 1.807) is 0 Å². The Kier molecular flexibility index (Phi) is 2.40. The Labute approximate surface area is 117 Å². The summed E-state index contributed by atoms with van der Waals surface area (Å²) in [5.41, 5.74) is 4.89. The molecule has 3 aromatic rings. The molecule has 5 nitrogen and oxygen atoms in total. The van der Waals surface area contributed by atoms with Crippen molar-refractivity contribution >= 4 is 22.2 Å². The van der Waals surface area contributed by atoms with E-state index in [1.807, 2.05) is 20.2 Å². The number of nitrogens with zero attached hydrogens (tertiary/aromatic N) is 4. The predicted octanol–water partition coefficient (Wildman–Crippen LogP) is 3.29. The highest BCUT2D eigenvalue weighted by Gasteiger charge is 2.25. The first-order valence-corrected chi connectivity index (χ1v) is 7.33. The fraction of sp³-hybridized carbons (Fsp3) is 0.533. The molecule has 1 fully saturated rings. The highest BCUT2D eigenvalue weighted by atomic mass is 15.1. The first kappa shape index (κ1) is 11.9. The number of aromatic amines is 1. The van der Waals surface area contributed by atoms with Gasteiger partial charge in [-0.05, 0) is 39.0 Å². The van der Waals surface area contributed by atoms with Crippen molar-refractivity contribution in [1.82, 2.24) is 24.5 Å². The third-order valence-corrected chi connectivity index (χ3v) is 4.50. The van der Waals surface area contributed by atoms with Crippen molar-refractivity contribution in [2.75, 3.05) is 0 Å². The fourth-order valence-electron chi connectivity index (χ4n) is 3.48. The molecule has 2 unspecified atom stereocenters. The minimum Gasteiger partial charge on any atom is -0.340 e. The van der Waals surface area contributed by atoms with Crippen molar-refractivity contribution in [3.8, 4) is 0 Å². The van der Waals surface area contributed by atoms with Crippen LogP contribution in [0.1, 0.15) is 43.7 Å². The van der Waals surface area contributed by atoms with Gasteiger partial charge in [-0.25, -0.2) is 15.0 Å². The Morgan fingerprint density at radius 3 is 2.80 bits per heavy atom. The summed E-state index contributed by atoms with van der Waals surface area (Å²) in [4.78, 5) is 17.2. The van der Waals surface area contributed by atoms with Crippen LogP contribution >= 0.6 is 0 Å². The van der Waals surface area contributed by atoms with E-state index >= 15 is 0 Å². The van der Waals surface area contributed by atoms with Crippen molar-refractivity contribution in [3.63, 3.8) is 0 Å². The van der Waals surface area contributed by atoms with E-state index in [4.69, 9.17) is 4.98 Å². The van der Waals surface area contributed by atoms with Crippen LogP contribution in [0, 0.1) is 19.8 Å². The highest BCUT2D eigenvalue weighted by Crippen LogP contribution is 2.36. The Balaban J connectivity index is 1.96. The number of pyridine rings is 1. The molecule has 0 aromatic carbocycles. The maximum atomic E-state index is 4.76. The molecule has 1 aliphatic rings. The number of aryl methyl sites for hydroxylation is 2. The van der Waals surface area contributed by atoms with Gasteiger partial charge in [-0.3, -0.25) is 0 Å². The standard InChI is InChI=1S/C15H19N5/c1-8-4-5-11(6-8)20-7-16-14-13-12(18-10(3)19-13)9(2)17-15(14)20/h7-8,11H,4-6H2,1-3H3,(H,18,19). The lowest BCUT2D eigenvalue weighted by Crippen LogP contribution is -2.05. The zero-order valence-electron chi connectivity index (χ0n) is 12.1. The maximum Gasteiger partial charge on any atom is 0.162 e. The molecule has 104 valence electrons. The Bertz CT molecular complexity index is 797. The lowest BCUT2D eigenvalue weighted by Gasteiger charge is -2.12. The van der Waals surface area contributed by atoms with Crippen molar-refractivity contribution in [2.24, 2.45) is 5.92 Å². The van der Waals surface area contributed by atoms with Gasteiger partial charge >= 0.3 is 0 Å². The lowest BCUT2D eigenvalue weighted by atomic mass is 10.1. The van der Waals surface area contributed by atoms with E-state index in [2.05, 4.69) is 26.4 Å². The quantitative estimate of drug-likeness (QED) is 0.737. The fourth-order valence-corrected chi connectivity index (χ4v) is 3.48. The van der Waals surface area contributed by atoms with Gasteiger partial charge in [0.1, 0.15) is 16.9 Å². The number of fused-ring (bicyclic) bond motifs is 3. The highest BCUT2D eigenvalue weighted by molar-refractivity contribution is 5.99. The molecule has 1 aliphatic carbocycles. The second kappa shape index (κ2) is 4.04. The number of aromatic nitrogens is 5. The smallest absolute Gasteiger partial charge is 0.162 e. The zero-order valence-corrected chi connectivity index (χ0v) is 12.1. The van der Waals surface area contributed by atoms with Crippen molar-refractivity contribution in [3.05, 3.63) is 17.8 Å². The van der Waals surface area contributed by atoms with Gasteiger partial charge in [0.15, 0.2) is 5.65 Å². The normalized spacial score (nSPS) is 23.1. The van der Waals surface area contributed by atoms with Crippen LogP contribution in [0.3, 0.4) is 0 Å². The van der Waals surface area contributed by atoms with Gasteiger partial charge in [-0.1, -0.05) is 6.92 Å². The Morgan fingerprint density at radius 2 is 2.05 bits per heavy atom. The molecular formula is C15H19N5. The molecule has 2 atom stereocenters. The summed E-state index contributed by atoms with van der Waals surface area (Å²) < 4.78 is 2.27. The van der Waals surface area contributed by atoms with Gasteiger partial charge in [-0.15, -0.1) is 0 Å². The van der Waals surface area contributed by atoms with Gasteiger partial charge in [-0.2, -0.15) is 0 Å². The van der Waals surface area contributed by atoms with Crippen LogP contribution < -0.4 is 0 Å². The Hall–Kier alpha value is -1.91. The molecule has 1 N–H and O–H groups in total. The molecule has 0 aliphatic heterocycles. The summed E-state index contributed by atoms with van der Waals surface area (Å²) in [6.07, 6.45) is 5.71. The first-order valence-electron chi connectivity index (χ1n) is 7.33. The van der Waals surface area contributed by atoms with Crippen LogP contribution in [0.4, 0.5) is 0 Å². The van der Waals surface area contributed by atoms with Crippen LogP contribution in [-0.4, -0.2) is 24.5 Å². The van der Waals surface area contributed by atoms with Crippen LogP contribution in [-0.2, 0) is 0 Å². The monoisotopic (exact) mass is 269 g/mol. The summed E-state index contributed by atoms with van der Waals surface area (Å²) in [6.45, 7) is 6.33. The first-order chi connectivity index (χ1) is 9.63. The minimum atomic E-state index is 0.545. The number of hydrogen-bond donors (Lipinski definition) is 1. The van der Waals surface area contributed by atoms with E-state index in [-0.39, 0.29) is 0 Å². The van der Waals surface area contributed by atoms with Crippen LogP contribution in [0.25, 0.3) is 22.2 Å². The van der Waals surface area contributed by atoms with Crippen molar-refractivity contribution < 1.29 is 0 Å². The molecule has 0 spiro atoms. The third-order valence-electron chi connectivity index (χ3n) is 4.50. The largest absolute Gasteiger partial charge is 0.340 e. The van der Waals surface area contributed by atoms with Crippen LogP contribution in [0.5, 0.6) is 0 Å². The van der Waals surface area contributed by atoms with Gasteiger partial charge < -0.3 is 9.55 Å². The van der Waals surface area contributed by atoms with E-state index < -0.39 is 0 Å². The molecule has 4 rings (SSSR count). The summed E-state index contributed by atoms with van der Waals surface area (Å²) in [7, 11) is 0. The lowest BCUT2D eigenvalue weighted by molar-refractivity contribution is 0.502. The number of hydrogen-bond acceptors (Lipinski definition) is 3. The van der Waals surface area contributed by atoms with Gasteiger partial charge in [0.2, 0.25) is 0 Å². The molecule has 3 heterocycles. The predicted molar refractivity (Wildman–Crippen MR) is 78.7 cm³/mol. The van der Waals surface area contributed by atoms with Crippen LogP contribution in [0.2, 0.25) is 0 Å². The van der Waals surface area contributed by atoms with Crippen molar-refractivity contribution in [2.45, 2.75) is 46.1 Å². The van der Waals surface area contributed by atoms with Gasteiger partial charge in [0.05, 0.1) is 17.5 Å². The molecule has 0 radical (unpaired) electrons. The van der Waals surface area contributed by atoms with E-state index in [1.165, 1.54) is 19.3 Å². The maximum absolute atomic E-state index is 4.76. The summed E-state index contributed by atoms with van der Waals surface area (Å²) in [5.74, 6) is 1.72. The second-order valence-electron chi connectivity index (χ2n) is 6.14. The molecular weight excluding hydrogens is 250 g/mol. The molecule has 0 amide bonds. The third kappa shape index (κ3) is 1.58. The molecule has 1 saturated carbocycles. The second-order valence-corrected chi connectivity index (χ2v) is 6.14. The molecule has 3 aromatic heterocycles. The number of nitrogens with one attached hydrogen (secondary N) is 1. The van der Waals surface area contributed by atoms with E-state index in [0.717, 1.165) is 39.6 Å². The average molecular weight is 269 g/mol. The summed E-state index contributed by atoms with van der Waals surface area (Å²) in [6, 6.07) is 0.545. The number of imidazole rings is 2. The van der Waals surface area contributed by atoms with Gasteiger partial charge in [0, 0.05) is 6.04 Å².